The van der Waals surface area contributed by atoms with Crippen molar-refractivity contribution in [2.75, 3.05) is 13.2 Å². The van der Waals surface area contributed by atoms with E-state index in [1.165, 1.54) is 0 Å². The molecule has 0 bridgehead atoms. The summed E-state index contributed by atoms with van der Waals surface area (Å²) in [4.78, 5) is 4.20. The monoisotopic (exact) mass is 246 g/mol. The van der Waals surface area contributed by atoms with Crippen molar-refractivity contribution in [3.8, 4) is 0 Å². The zero-order chi connectivity index (χ0) is 13.0. The minimum absolute atomic E-state index is 0.109. The second-order valence-corrected chi connectivity index (χ2v) is 4.75. The second-order valence-electron chi connectivity index (χ2n) is 4.75. The van der Waals surface area contributed by atoms with Gasteiger partial charge in [0.25, 0.3) is 0 Å². The molecule has 96 valence electrons. The molecule has 18 heavy (non-hydrogen) atoms. The molecule has 0 atom stereocenters. The Bertz CT molecular complexity index is 519. The van der Waals surface area contributed by atoms with Gasteiger partial charge in [0.1, 0.15) is 0 Å². The van der Waals surface area contributed by atoms with E-state index in [9.17, 15) is 10.2 Å². The summed E-state index contributed by atoms with van der Waals surface area (Å²) in [5, 5.41) is 23.9. The van der Waals surface area contributed by atoms with Crippen molar-refractivity contribution in [3.63, 3.8) is 0 Å². The van der Waals surface area contributed by atoms with Gasteiger partial charge in [-0.2, -0.15) is 0 Å². The smallest absolute Gasteiger partial charge is 0.0633 e. The Kier molecular flexibility index (Phi) is 3.91. The van der Waals surface area contributed by atoms with Crippen LogP contribution in [0.3, 0.4) is 0 Å². The molecule has 4 nitrogen and oxygen atoms in total. The number of benzene rings is 1. The van der Waals surface area contributed by atoms with Crippen LogP contribution in [0.5, 0.6) is 0 Å². The molecule has 1 heterocycles. The maximum absolute atomic E-state index is 9.24. The lowest BCUT2D eigenvalue weighted by molar-refractivity contribution is 0.103. The highest BCUT2D eigenvalue weighted by Gasteiger charge is 2.21. The molecule has 4 heteroatoms. The van der Waals surface area contributed by atoms with Gasteiger partial charge in [-0.1, -0.05) is 24.3 Å². The van der Waals surface area contributed by atoms with E-state index < -0.39 is 5.54 Å². The van der Waals surface area contributed by atoms with Crippen LogP contribution in [0.25, 0.3) is 10.8 Å². The third-order valence-corrected chi connectivity index (χ3v) is 3.15. The van der Waals surface area contributed by atoms with Gasteiger partial charge in [-0.25, -0.2) is 0 Å². The lowest BCUT2D eigenvalue weighted by Gasteiger charge is -2.26. The summed E-state index contributed by atoms with van der Waals surface area (Å²) in [6.07, 6.45) is 3.64. The largest absolute Gasteiger partial charge is 0.394 e. The first-order valence-corrected chi connectivity index (χ1v) is 5.97. The highest BCUT2D eigenvalue weighted by molar-refractivity contribution is 5.84. The summed E-state index contributed by atoms with van der Waals surface area (Å²) in [7, 11) is 0. The van der Waals surface area contributed by atoms with Gasteiger partial charge in [0.2, 0.25) is 0 Å². The van der Waals surface area contributed by atoms with E-state index >= 15 is 0 Å². The van der Waals surface area contributed by atoms with Crippen molar-refractivity contribution in [2.45, 2.75) is 19.0 Å². The van der Waals surface area contributed by atoms with Crippen LogP contribution in [0.15, 0.2) is 36.7 Å². The molecule has 0 aliphatic carbocycles. The zero-order valence-corrected chi connectivity index (χ0v) is 10.4. The van der Waals surface area contributed by atoms with Gasteiger partial charge in [0.05, 0.1) is 18.8 Å². The number of pyridine rings is 1. The van der Waals surface area contributed by atoms with Crippen molar-refractivity contribution in [1.29, 1.82) is 0 Å². The average Bonchev–Trinajstić information content (AvgIpc) is 2.44. The first-order valence-electron chi connectivity index (χ1n) is 5.97. The lowest BCUT2D eigenvalue weighted by Crippen LogP contribution is -2.48. The molecule has 0 fully saturated rings. The van der Waals surface area contributed by atoms with Gasteiger partial charge in [0, 0.05) is 24.3 Å². The maximum Gasteiger partial charge on any atom is 0.0633 e. The SMILES string of the molecule is CC(CO)(CO)NCc1cncc2ccccc12. The average molecular weight is 246 g/mol. The fraction of sp³-hybridized carbons (Fsp3) is 0.357. The molecular weight excluding hydrogens is 228 g/mol. The summed E-state index contributed by atoms with van der Waals surface area (Å²) in [5.74, 6) is 0. The Balaban J connectivity index is 2.22. The standard InChI is InChI=1S/C14H18N2O2/c1-14(9-17,10-18)16-8-12-7-15-6-11-4-2-3-5-13(11)12/h2-7,16-18H,8-10H2,1H3. The Morgan fingerprint density at radius 1 is 1.17 bits per heavy atom. The van der Waals surface area contributed by atoms with Crippen molar-refractivity contribution in [2.24, 2.45) is 0 Å². The van der Waals surface area contributed by atoms with E-state index in [1.54, 1.807) is 6.92 Å². The molecule has 0 saturated carbocycles. The minimum atomic E-state index is -0.670. The quantitative estimate of drug-likeness (QED) is 0.738. The first-order chi connectivity index (χ1) is 8.68. The number of aliphatic hydroxyl groups excluding tert-OH is 2. The fourth-order valence-electron chi connectivity index (χ4n) is 1.79. The van der Waals surface area contributed by atoms with Gasteiger partial charge in [-0.3, -0.25) is 4.98 Å². The molecule has 1 aromatic heterocycles. The maximum atomic E-state index is 9.24. The van der Waals surface area contributed by atoms with Crippen LogP contribution in [0.2, 0.25) is 0 Å². The molecule has 2 aromatic rings. The molecule has 0 spiro atoms. The van der Waals surface area contributed by atoms with Gasteiger partial charge in [-0.05, 0) is 17.9 Å². The van der Waals surface area contributed by atoms with Crippen LogP contribution >= 0.6 is 0 Å². The molecule has 2 rings (SSSR count). The molecule has 0 amide bonds. The Hall–Kier alpha value is -1.49. The normalized spacial score (nSPS) is 11.9. The predicted octanol–water partition coefficient (Wildman–Crippen LogP) is 1.07. The second kappa shape index (κ2) is 5.44. The van der Waals surface area contributed by atoms with E-state index in [4.69, 9.17) is 0 Å². The molecule has 0 aliphatic rings. The third-order valence-electron chi connectivity index (χ3n) is 3.15. The van der Waals surface area contributed by atoms with Crippen molar-refractivity contribution < 1.29 is 10.2 Å². The molecule has 1 aromatic carbocycles. The number of aromatic nitrogens is 1. The summed E-state index contributed by atoms with van der Waals surface area (Å²) >= 11 is 0. The number of nitrogens with zero attached hydrogens (tertiary/aromatic N) is 1. The molecular formula is C14H18N2O2. The van der Waals surface area contributed by atoms with Crippen LogP contribution in [-0.4, -0.2) is 33.9 Å². The van der Waals surface area contributed by atoms with E-state index in [2.05, 4.69) is 10.3 Å². The summed E-state index contributed by atoms with van der Waals surface area (Å²) < 4.78 is 0. The van der Waals surface area contributed by atoms with Crippen LogP contribution < -0.4 is 5.32 Å². The van der Waals surface area contributed by atoms with E-state index in [-0.39, 0.29) is 13.2 Å². The molecule has 0 radical (unpaired) electrons. The van der Waals surface area contributed by atoms with Crippen molar-refractivity contribution >= 4 is 10.8 Å². The molecule has 0 saturated heterocycles. The van der Waals surface area contributed by atoms with Crippen LogP contribution in [0.4, 0.5) is 0 Å². The summed E-state index contributed by atoms with van der Waals surface area (Å²) in [6.45, 7) is 2.13. The molecule has 0 aliphatic heterocycles. The number of aliphatic hydroxyl groups is 2. The van der Waals surface area contributed by atoms with Gasteiger partial charge in [0.15, 0.2) is 0 Å². The number of hydrogen-bond donors (Lipinski definition) is 3. The topological polar surface area (TPSA) is 65.4 Å². The fourth-order valence-corrected chi connectivity index (χ4v) is 1.79. The Labute approximate surface area is 106 Å². The summed E-state index contributed by atoms with van der Waals surface area (Å²) in [5.41, 5.74) is 0.387. The minimum Gasteiger partial charge on any atom is -0.394 e. The van der Waals surface area contributed by atoms with Crippen LogP contribution in [-0.2, 0) is 6.54 Å². The van der Waals surface area contributed by atoms with Crippen LogP contribution in [0, 0.1) is 0 Å². The number of fused-ring (bicyclic) bond motifs is 1. The molecule has 3 N–H and O–H groups in total. The number of rotatable bonds is 5. The van der Waals surface area contributed by atoms with E-state index in [0.717, 1.165) is 16.3 Å². The van der Waals surface area contributed by atoms with E-state index in [0.29, 0.717) is 6.54 Å². The van der Waals surface area contributed by atoms with Crippen molar-refractivity contribution in [1.82, 2.24) is 10.3 Å². The van der Waals surface area contributed by atoms with Gasteiger partial charge < -0.3 is 15.5 Å². The van der Waals surface area contributed by atoms with Crippen molar-refractivity contribution in [3.05, 3.63) is 42.2 Å². The van der Waals surface area contributed by atoms with Crippen LogP contribution in [0.1, 0.15) is 12.5 Å². The predicted molar refractivity (Wildman–Crippen MR) is 71.2 cm³/mol. The number of nitrogens with one attached hydrogen (secondary N) is 1. The Morgan fingerprint density at radius 3 is 2.61 bits per heavy atom. The highest BCUT2D eigenvalue weighted by Crippen LogP contribution is 2.17. The molecule has 0 unspecified atom stereocenters. The van der Waals surface area contributed by atoms with Gasteiger partial charge >= 0.3 is 0 Å². The van der Waals surface area contributed by atoms with E-state index in [1.807, 2.05) is 36.7 Å². The van der Waals surface area contributed by atoms with Gasteiger partial charge in [-0.15, -0.1) is 0 Å². The third kappa shape index (κ3) is 2.67. The summed E-state index contributed by atoms with van der Waals surface area (Å²) in [6, 6.07) is 8.03. The zero-order valence-electron chi connectivity index (χ0n) is 10.4. The first kappa shape index (κ1) is 13.0. The highest BCUT2D eigenvalue weighted by atomic mass is 16.3. The lowest BCUT2D eigenvalue weighted by atomic mass is 10.0. The number of hydrogen-bond acceptors (Lipinski definition) is 4. The Morgan fingerprint density at radius 2 is 1.89 bits per heavy atom.